The number of ether oxygens (including phenoxy) is 1. The number of anilines is 3. The maximum Gasteiger partial charge on any atom is 0.335 e. The molecule has 27 heavy (non-hydrogen) atoms. The van der Waals surface area contributed by atoms with Crippen LogP contribution >= 0.6 is 0 Å². The van der Waals surface area contributed by atoms with Crippen LogP contribution in [0.2, 0.25) is 0 Å². The van der Waals surface area contributed by atoms with Crippen LogP contribution in [0.15, 0.2) is 79.4 Å². The van der Waals surface area contributed by atoms with E-state index in [-0.39, 0.29) is 0 Å². The molecule has 0 N–H and O–H groups in total. The van der Waals surface area contributed by atoms with E-state index in [1.54, 1.807) is 12.1 Å². The molecule has 136 valence electrons. The van der Waals surface area contributed by atoms with Crippen molar-refractivity contribution >= 4 is 23.0 Å². The zero-order chi connectivity index (χ0) is 19.4. The van der Waals surface area contributed by atoms with E-state index >= 15 is 0 Å². The summed E-state index contributed by atoms with van der Waals surface area (Å²) in [4.78, 5) is 13.6. The lowest BCUT2D eigenvalue weighted by Gasteiger charge is -2.26. The van der Waals surface area contributed by atoms with Gasteiger partial charge in [-0.1, -0.05) is 30.3 Å². The first-order chi connectivity index (χ1) is 13.0. The molecule has 3 heteroatoms. The highest BCUT2D eigenvalue weighted by Crippen LogP contribution is 2.36. The minimum absolute atomic E-state index is 0.465. The number of esters is 1. The fourth-order valence-corrected chi connectivity index (χ4v) is 2.83. The standard InChI is InChI=1S/C24H23NO2/c1-5-24(26)27-23-14-12-21(13-15-23)25(20-9-6-17(2)7-10-20)22-11-8-18(3)19(4)16-22/h5-16H,1H2,2-4H3. The van der Waals surface area contributed by atoms with Crippen LogP contribution in [0.4, 0.5) is 17.1 Å². The SMILES string of the molecule is C=CC(=O)Oc1ccc(N(c2ccc(C)cc2)c2ccc(C)c(C)c2)cc1. The molecule has 3 aromatic rings. The molecule has 0 heterocycles. The molecule has 0 aromatic heterocycles. The van der Waals surface area contributed by atoms with Crippen LogP contribution in [0.5, 0.6) is 5.75 Å². The molecule has 0 radical (unpaired) electrons. The van der Waals surface area contributed by atoms with Gasteiger partial charge in [-0.2, -0.15) is 0 Å². The van der Waals surface area contributed by atoms with Crippen LogP contribution < -0.4 is 9.64 Å². The van der Waals surface area contributed by atoms with Crippen molar-refractivity contribution in [1.82, 2.24) is 0 Å². The lowest BCUT2D eigenvalue weighted by molar-refractivity contribution is -0.128. The summed E-state index contributed by atoms with van der Waals surface area (Å²) in [6.07, 6.45) is 1.15. The first kappa shape index (κ1) is 18.5. The van der Waals surface area contributed by atoms with E-state index in [2.05, 4.69) is 74.7 Å². The van der Waals surface area contributed by atoms with E-state index in [0.717, 1.165) is 23.1 Å². The molecule has 0 aliphatic carbocycles. The molecule has 0 aliphatic rings. The zero-order valence-electron chi connectivity index (χ0n) is 15.9. The van der Waals surface area contributed by atoms with Crippen LogP contribution in [0.1, 0.15) is 16.7 Å². The van der Waals surface area contributed by atoms with Crippen molar-refractivity contribution in [1.29, 1.82) is 0 Å². The number of hydrogen-bond donors (Lipinski definition) is 0. The molecule has 0 aliphatic heterocycles. The van der Waals surface area contributed by atoms with Crippen LogP contribution in [0, 0.1) is 20.8 Å². The summed E-state index contributed by atoms with van der Waals surface area (Å²) >= 11 is 0. The van der Waals surface area contributed by atoms with Gasteiger partial charge < -0.3 is 9.64 Å². The van der Waals surface area contributed by atoms with Gasteiger partial charge in [0.25, 0.3) is 0 Å². The molecule has 0 spiro atoms. The monoisotopic (exact) mass is 357 g/mol. The van der Waals surface area contributed by atoms with E-state index < -0.39 is 5.97 Å². The smallest absolute Gasteiger partial charge is 0.335 e. The molecule has 0 saturated heterocycles. The summed E-state index contributed by atoms with van der Waals surface area (Å²) in [6, 6.07) is 22.3. The highest BCUT2D eigenvalue weighted by molar-refractivity contribution is 5.83. The van der Waals surface area contributed by atoms with Crippen LogP contribution in [0.25, 0.3) is 0 Å². The van der Waals surface area contributed by atoms with Crippen molar-refractivity contribution in [2.75, 3.05) is 4.90 Å². The van der Waals surface area contributed by atoms with Gasteiger partial charge in [0, 0.05) is 23.1 Å². The summed E-state index contributed by atoms with van der Waals surface area (Å²) in [5, 5.41) is 0. The quantitative estimate of drug-likeness (QED) is 0.310. The lowest BCUT2D eigenvalue weighted by atomic mass is 10.1. The first-order valence-electron chi connectivity index (χ1n) is 8.86. The Morgan fingerprint density at radius 1 is 0.815 bits per heavy atom. The third-order valence-corrected chi connectivity index (χ3v) is 4.52. The fourth-order valence-electron chi connectivity index (χ4n) is 2.83. The Hall–Kier alpha value is -3.33. The predicted octanol–water partition coefficient (Wildman–Crippen LogP) is 6.17. The largest absolute Gasteiger partial charge is 0.423 e. The number of benzene rings is 3. The molecule has 0 saturated carbocycles. The first-order valence-corrected chi connectivity index (χ1v) is 8.86. The van der Waals surface area contributed by atoms with E-state index in [4.69, 9.17) is 4.74 Å². The van der Waals surface area contributed by atoms with Crippen LogP contribution in [0.3, 0.4) is 0 Å². The van der Waals surface area contributed by atoms with Gasteiger partial charge in [-0.05, 0) is 80.4 Å². The van der Waals surface area contributed by atoms with Gasteiger partial charge in [-0.25, -0.2) is 4.79 Å². The van der Waals surface area contributed by atoms with Crippen molar-refractivity contribution in [2.45, 2.75) is 20.8 Å². The highest BCUT2D eigenvalue weighted by Gasteiger charge is 2.13. The lowest BCUT2D eigenvalue weighted by Crippen LogP contribution is -2.10. The molecule has 0 amide bonds. The normalized spacial score (nSPS) is 10.3. The molecule has 3 aromatic carbocycles. The van der Waals surface area contributed by atoms with Gasteiger partial charge >= 0.3 is 5.97 Å². The number of carbonyl (C=O) groups is 1. The second kappa shape index (κ2) is 7.92. The summed E-state index contributed by atoms with van der Waals surface area (Å²) < 4.78 is 5.18. The average Bonchev–Trinajstić information content (AvgIpc) is 2.67. The molecule has 0 unspecified atom stereocenters. The molecule has 0 fully saturated rings. The summed E-state index contributed by atoms with van der Waals surface area (Å²) in [5.74, 6) is 0.0277. The number of carbonyl (C=O) groups excluding carboxylic acids is 1. The number of rotatable bonds is 5. The Kier molecular flexibility index (Phi) is 5.41. The average molecular weight is 357 g/mol. The van der Waals surface area contributed by atoms with Crippen LogP contribution in [-0.4, -0.2) is 5.97 Å². The van der Waals surface area contributed by atoms with Crippen LogP contribution in [-0.2, 0) is 4.79 Å². The van der Waals surface area contributed by atoms with Gasteiger partial charge in [-0.15, -0.1) is 0 Å². The zero-order valence-corrected chi connectivity index (χ0v) is 15.9. The number of nitrogens with zero attached hydrogens (tertiary/aromatic N) is 1. The van der Waals surface area contributed by atoms with Crippen molar-refractivity contribution in [3.8, 4) is 5.75 Å². The fraction of sp³-hybridized carbons (Fsp3) is 0.125. The number of hydrogen-bond acceptors (Lipinski definition) is 3. The van der Waals surface area contributed by atoms with Gasteiger partial charge in [0.1, 0.15) is 5.75 Å². The highest BCUT2D eigenvalue weighted by atomic mass is 16.5. The summed E-state index contributed by atoms with van der Waals surface area (Å²) in [6.45, 7) is 9.72. The molecule has 3 nitrogen and oxygen atoms in total. The van der Waals surface area contributed by atoms with Gasteiger partial charge in [0.2, 0.25) is 0 Å². The second-order valence-corrected chi connectivity index (χ2v) is 6.56. The molecule has 0 bridgehead atoms. The summed E-state index contributed by atoms with van der Waals surface area (Å²) in [5.41, 5.74) is 6.85. The van der Waals surface area contributed by atoms with E-state index in [1.807, 2.05) is 12.1 Å². The Morgan fingerprint density at radius 3 is 1.93 bits per heavy atom. The van der Waals surface area contributed by atoms with Gasteiger partial charge in [0.05, 0.1) is 0 Å². The molecule has 3 rings (SSSR count). The Morgan fingerprint density at radius 2 is 1.37 bits per heavy atom. The van der Waals surface area contributed by atoms with Crippen molar-refractivity contribution in [2.24, 2.45) is 0 Å². The maximum absolute atomic E-state index is 11.4. The summed E-state index contributed by atoms with van der Waals surface area (Å²) in [7, 11) is 0. The second-order valence-electron chi connectivity index (χ2n) is 6.56. The minimum atomic E-state index is -0.465. The third kappa shape index (κ3) is 4.26. The van der Waals surface area contributed by atoms with Gasteiger partial charge in [-0.3, -0.25) is 0 Å². The molecule has 0 atom stereocenters. The third-order valence-electron chi connectivity index (χ3n) is 4.52. The van der Waals surface area contributed by atoms with E-state index in [0.29, 0.717) is 5.75 Å². The van der Waals surface area contributed by atoms with Gasteiger partial charge in [0.15, 0.2) is 0 Å². The predicted molar refractivity (Wildman–Crippen MR) is 111 cm³/mol. The Balaban J connectivity index is 2.03. The van der Waals surface area contributed by atoms with E-state index in [1.165, 1.54) is 16.7 Å². The molecular weight excluding hydrogens is 334 g/mol. The van der Waals surface area contributed by atoms with E-state index in [9.17, 15) is 4.79 Å². The Bertz CT molecular complexity index is 957. The Labute approximate surface area is 160 Å². The van der Waals surface area contributed by atoms with Crippen molar-refractivity contribution < 1.29 is 9.53 Å². The van der Waals surface area contributed by atoms with Crippen molar-refractivity contribution in [3.05, 3.63) is 96.1 Å². The topological polar surface area (TPSA) is 29.5 Å². The minimum Gasteiger partial charge on any atom is -0.423 e. The number of aryl methyl sites for hydroxylation is 3. The maximum atomic E-state index is 11.4. The van der Waals surface area contributed by atoms with Crippen molar-refractivity contribution in [3.63, 3.8) is 0 Å². The molecular formula is C24H23NO2.